The number of carbonyl (C=O) groups excluding carboxylic acids is 2. The maximum atomic E-state index is 13.6. The van der Waals surface area contributed by atoms with E-state index >= 15 is 0 Å². The van der Waals surface area contributed by atoms with Gasteiger partial charge in [0.2, 0.25) is 5.91 Å². The highest BCUT2D eigenvalue weighted by Gasteiger charge is 2.40. The lowest BCUT2D eigenvalue weighted by Crippen LogP contribution is -2.64. The SMILES string of the molecule is CC1(C)NC(=O)CN(c2cc(F)ccc2F)C1=O. The zero-order valence-corrected chi connectivity index (χ0v) is 9.96. The summed E-state index contributed by atoms with van der Waals surface area (Å²) in [6.07, 6.45) is 0. The monoisotopic (exact) mass is 254 g/mol. The Bertz CT molecular complexity index is 529. The number of piperazine rings is 1. The second-order valence-corrected chi connectivity index (χ2v) is 4.66. The van der Waals surface area contributed by atoms with E-state index in [0.717, 1.165) is 23.1 Å². The van der Waals surface area contributed by atoms with Gasteiger partial charge in [0.05, 0.1) is 5.69 Å². The van der Waals surface area contributed by atoms with Crippen molar-refractivity contribution in [1.82, 2.24) is 5.32 Å². The molecule has 1 aliphatic rings. The highest BCUT2D eigenvalue weighted by atomic mass is 19.1. The molecule has 6 heteroatoms. The maximum absolute atomic E-state index is 13.6. The largest absolute Gasteiger partial charge is 0.341 e. The number of nitrogens with zero attached hydrogens (tertiary/aromatic N) is 1. The van der Waals surface area contributed by atoms with E-state index in [1.54, 1.807) is 0 Å². The van der Waals surface area contributed by atoms with Gasteiger partial charge in [0.1, 0.15) is 23.7 Å². The number of anilines is 1. The summed E-state index contributed by atoms with van der Waals surface area (Å²) in [6, 6.07) is 2.79. The van der Waals surface area contributed by atoms with Crippen LogP contribution in [-0.4, -0.2) is 23.9 Å². The molecular formula is C12H12F2N2O2. The van der Waals surface area contributed by atoms with Gasteiger partial charge in [-0.25, -0.2) is 8.78 Å². The van der Waals surface area contributed by atoms with Gasteiger partial charge in [-0.15, -0.1) is 0 Å². The predicted molar refractivity (Wildman–Crippen MR) is 60.9 cm³/mol. The van der Waals surface area contributed by atoms with Gasteiger partial charge >= 0.3 is 0 Å². The molecule has 0 bridgehead atoms. The van der Waals surface area contributed by atoms with Crippen LogP contribution in [0, 0.1) is 11.6 Å². The standard InChI is InChI=1S/C12H12F2N2O2/c1-12(2)11(18)16(6-10(17)15-12)9-5-7(13)3-4-8(9)14/h3-5H,6H2,1-2H3,(H,15,17). The smallest absolute Gasteiger partial charge is 0.252 e. The van der Waals surface area contributed by atoms with Crippen molar-refractivity contribution >= 4 is 17.5 Å². The second-order valence-electron chi connectivity index (χ2n) is 4.66. The van der Waals surface area contributed by atoms with Crippen LogP contribution in [0.15, 0.2) is 18.2 Å². The van der Waals surface area contributed by atoms with E-state index in [4.69, 9.17) is 0 Å². The van der Waals surface area contributed by atoms with Gasteiger partial charge in [-0.3, -0.25) is 14.5 Å². The van der Waals surface area contributed by atoms with Crippen LogP contribution in [-0.2, 0) is 9.59 Å². The van der Waals surface area contributed by atoms with Crippen LogP contribution in [0.2, 0.25) is 0 Å². The summed E-state index contributed by atoms with van der Waals surface area (Å²) in [5, 5.41) is 2.49. The summed E-state index contributed by atoms with van der Waals surface area (Å²) in [5.74, 6) is -2.30. The van der Waals surface area contributed by atoms with Gasteiger partial charge in [-0.2, -0.15) is 0 Å². The van der Waals surface area contributed by atoms with Crippen LogP contribution in [0.1, 0.15) is 13.8 Å². The van der Waals surface area contributed by atoms with E-state index in [0.29, 0.717) is 0 Å². The molecule has 0 atom stereocenters. The molecule has 1 aromatic carbocycles. The first-order chi connectivity index (χ1) is 8.31. The van der Waals surface area contributed by atoms with Crippen LogP contribution in [0.4, 0.5) is 14.5 Å². The summed E-state index contributed by atoms with van der Waals surface area (Å²) < 4.78 is 26.7. The van der Waals surface area contributed by atoms with Gasteiger partial charge in [0.15, 0.2) is 0 Å². The topological polar surface area (TPSA) is 49.4 Å². The van der Waals surface area contributed by atoms with Gasteiger partial charge < -0.3 is 5.32 Å². The zero-order chi connectivity index (χ0) is 13.5. The fourth-order valence-electron chi connectivity index (χ4n) is 1.88. The Balaban J connectivity index is 2.46. The molecule has 1 saturated heterocycles. The normalized spacial score (nSPS) is 18.8. The fraction of sp³-hybridized carbons (Fsp3) is 0.333. The van der Waals surface area contributed by atoms with Crippen molar-refractivity contribution in [1.29, 1.82) is 0 Å². The zero-order valence-electron chi connectivity index (χ0n) is 9.96. The number of nitrogens with one attached hydrogen (secondary N) is 1. The molecule has 4 nitrogen and oxygen atoms in total. The Kier molecular flexibility index (Phi) is 2.80. The average Bonchev–Trinajstić information content (AvgIpc) is 2.26. The number of benzene rings is 1. The molecule has 1 N–H and O–H groups in total. The molecule has 0 unspecified atom stereocenters. The van der Waals surface area contributed by atoms with Gasteiger partial charge in [-0.05, 0) is 26.0 Å². The first kappa shape index (κ1) is 12.5. The van der Waals surface area contributed by atoms with Crippen LogP contribution >= 0.6 is 0 Å². The third-order valence-electron chi connectivity index (χ3n) is 2.73. The van der Waals surface area contributed by atoms with Crippen LogP contribution in [0.5, 0.6) is 0 Å². The minimum Gasteiger partial charge on any atom is -0.341 e. The number of hydrogen-bond donors (Lipinski definition) is 1. The summed E-state index contributed by atoms with van der Waals surface area (Å²) in [7, 11) is 0. The predicted octanol–water partition coefficient (Wildman–Crippen LogP) is 1.21. The van der Waals surface area contributed by atoms with E-state index < -0.39 is 29.0 Å². The number of hydrogen-bond acceptors (Lipinski definition) is 2. The minimum absolute atomic E-state index is 0.220. The molecule has 2 rings (SSSR count). The molecule has 1 aliphatic heterocycles. The highest BCUT2D eigenvalue weighted by Crippen LogP contribution is 2.25. The molecule has 0 saturated carbocycles. The van der Waals surface area contributed by atoms with Crippen molar-refractivity contribution in [3.05, 3.63) is 29.8 Å². The molecule has 1 heterocycles. The Hall–Kier alpha value is -1.98. The lowest BCUT2D eigenvalue weighted by atomic mass is 10.00. The van der Waals surface area contributed by atoms with Crippen molar-refractivity contribution in [2.75, 3.05) is 11.4 Å². The molecule has 0 radical (unpaired) electrons. The molecular weight excluding hydrogens is 242 g/mol. The number of amides is 2. The van der Waals surface area contributed by atoms with E-state index in [-0.39, 0.29) is 12.2 Å². The molecule has 18 heavy (non-hydrogen) atoms. The molecule has 1 aromatic rings. The Morgan fingerprint density at radius 3 is 2.61 bits per heavy atom. The quantitative estimate of drug-likeness (QED) is 0.818. The van der Waals surface area contributed by atoms with Crippen molar-refractivity contribution < 1.29 is 18.4 Å². The third kappa shape index (κ3) is 2.05. The van der Waals surface area contributed by atoms with Gasteiger partial charge in [0.25, 0.3) is 5.91 Å². The summed E-state index contributed by atoms with van der Waals surface area (Å²) >= 11 is 0. The Morgan fingerprint density at radius 2 is 1.94 bits per heavy atom. The summed E-state index contributed by atoms with van der Waals surface area (Å²) in [5.41, 5.74) is -1.35. The van der Waals surface area contributed by atoms with E-state index in [1.165, 1.54) is 13.8 Å². The molecule has 0 aliphatic carbocycles. The first-order valence-corrected chi connectivity index (χ1v) is 5.39. The highest BCUT2D eigenvalue weighted by molar-refractivity contribution is 6.08. The molecule has 96 valence electrons. The van der Waals surface area contributed by atoms with Crippen LogP contribution in [0.3, 0.4) is 0 Å². The van der Waals surface area contributed by atoms with Crippen molar-refractivity contribution in [2.24, 2.45) is 0 Å². The molecule has 2 amide bonds. The second kappa shape index (κ2) is 4.04. The van der Waals surface area contributed by atoms with Crippen molar-refractivity contribution in [3.63, 3.8) is 0 Å². The summed E-state index contributed by atoms with van der Waals surface area (Å²) in [4.78, 5) is 24.5. The summed E-state index contributed by atoms with van der Waals surface area (Å²) in [6.45, 7) is 2.70. The van der Waals surface area contributed by atoms with E-state index in [2.05, 4.69) is 5.32 Å². The number of halogens is 2. The first-order valence-electron chi connectivity index (χ1n) is 5.39. The third-order valence-corrected chi connectivity index (χ3v) is 2.73. The van der Waals surface area contributed by atoms with Crippen molar-refractivity contribution in [2.45, 2.75) is 19.4 Å². The fourth-order valence-corrected chi connectivity index (χ4v) is 1.88. The van der Waals surface area contributed by atoms with Gasteiger partial charge in [0, 0.05) is 6.07 Å². The molecule has 1 fully saturated rings. The maximum Gasteiger partial charge on any atom is 0.252 e. The minimum atomic E-state index is -1.13. The van der Waals surface area contributed by atoms with Gasteiger partial charge in [-0.1, -0.05) is 0 Å². The number of carbonyl (C=O) groups is 2. The van der Waals surface area contributed by atoms with Crippen LogP contribution < -0.4 is 10.2 Å². The molecule has 0 aromatic heterocycles. The molecule has 0 spiro atoms. The average molecular weight is 254 g/mol. The van der Waals surface area contributed by atoms with E-state index in [1.807, 2.05) is 0 Å². The lowest BCUT2D eigenvalue weighted by Gasteiger charge is -2.37. The van der Waals surface area contributed by atoms with Crippen LogP contribution in [0.25, 0.3) is 0 Å². The lowest BCUT2D eigenvalue weighted by molar-refractivity contribution is -0.134. The van der Waals surface area contributed by atoms with E-state index in [9.17, 15) is 18.4 Å². The number of rotatable bonds is 1. The Labute approximate surface area is 103 Å². The van der Waals surface area contributed by atoms with Crippen molar-refractivity contribution in [3.8, 4) is 0 Å². The Morgan fingerprint density at radius 1 is 1.28 bits per heavy atom.